The molecule has 1 atom stereocenters. The number of rotatable bonds is 5. The van der Waals surface area contributed by atoms with Gasteiger partial charge < -0.3 is 10.1 Å². The van der Waals surface area contributed by atoms with Gasteiger partial charge >= 0.3 is 0 Å². The molecule has 2 aromatic rings. The van der Waals surface area contributed by atoms with Crippen LogP contribution in [0.15, 0.2) is 28.1 Å². The molecule has 1 unspecified atom stereocenters. The van der Waals surface area contributed by atoms with Crippen LogP contribution in [-0.2, 0) is 0 Å². The maximum atomic E-state index is 5.32. The molecule has 0 fully saturated rings. The van der Waals surface area contributed by atoms with Gasteiger partial charge in [0.1, 0.15) is 10.8 Å². The number of methoxy groups -OCH3 is 1. The molecule has 0 amide bonds. The van der Waals surface area contributed by atoms with Crippen molar-refractivity contribution in [3.63, 3.8) is 0 Å². The largest absolute Gasteiger partial charge is 0.497 e. The predicted molar refractivity (Wildman–Crippen MR) is 87.8 cm³/mol. The zero-order chi connectivity index (χ0) is 14.7. The van der Waals surface area contributed by atoms with Gasteiger partial charge in [-0.2, -0.15) is 0 Å². The van der Waals surface area contributed by atoms with Crippen LogP contribution in [0.5, 0.6) is 5.75 Å². The van der Waals surface area contributed by atoms with E-state index < -0.39 is 0 Å². The highest BCUT2D eigenvalue weighted by molar-refractivity contribution is 9.10. The van der Waals surface area contributed by atoms with Crippen molar-refractivity contribution >= 4 is 27.3 Å². The molecule has 5 heteroatoms. The lowest BCUT2D eigenvalue weighted by atomic mass is 10.1. The molecule has 0 bridgehead atoms. The topological polar surface area (TPSA) is 34.2 Å². The Hall–Kier alpha value is -0.910. The molecule has 2 rings (SSSR count). The average Bonchev–Trinajstić information content (AvgIpc) is 2.91. The highest BCUT2D eigenvalue weighted by atomic mass is 79.9. The van der Waals surface area contributed by atoms with Crippen LogP contribution in [0.1, 0.15) is 42.1 Å². The SMILES string of the molecule is CNC(c1nc(C(C)C)cs1)c1cc(OC)ccc1Br. The van der Waals surface area contributed by atoms with Gasteiger partial charge in [0.2, 0.25) is 0 Å². The number of aromatic nitrogens is 1. The van der Waals surface area contributed by atoms with Crippen LogP contribution in [0.2, 0.25) is 0 Å². The van der Waals surface area contributed by atoms with Crippen molar-refractivity contribution in [2.24, 2.45) is 0 Å². The standard InChI is InChI=1S/C15H19BrN2OS/c1-9(2)13-8-20-15(18-13)14(17-3)11-7-10(19-4)5-6-12(11)16/h5-9,14,17H,1-4H3. The van der Waals surface area contributed by atoms with E-state index in [1.165, 1.54) is 0 Å². The van der Waals surface area contributed by atoms with E-state index in [0.717, 1.165) is 26.5 Å². The second kappa shape index (κ2) is 6.70. The van der Waals surface area contributed by atoms with Gasteiger partial charge in [-0.15, -0.1) is 11.3 Å². The van der Waals surface area contributed by atoms with Crippen molar-refractivity contribution < 1.29 is 4.74 Å². The smallest absolute Gasteiger partial charge is 0.119 e. The summed E-state index contributed by atoms with van der Waals surface area (Å²) in [4.78, 5) is 4.75. The number of nitrogens with zero attached hydrogens (tertiary/aromatic N) is 1. The second-order valence-electron chi connectivity index (χ2n) is 4.87. The first-order valence-corrected chi connectivity index (χ1v) is 8.20. The average molecular weight is 355 g/mol. The monoisotopic (exact) mass is 354 g/mol. The number of ether oxygens (including phenoxy) is 1. The van der Waals surface area contributed by atoms with Crippen LogP contribution < -0.4 is 10.1 Å². The van der Waals surface area contributed by atoms with Gasteiger partial charge in [-0.05, 0) is 36.7 Å². The Morgan fingerprint density at radius 1 is 1.35 bits per heavy atom. The van der Waals surface area contributed by atoms with Gasteiger partial charge in [0.15, 0.2) is 0 Å². The summed E-state index contributed by atoms with van der Waals surface area (Å²) in [6, 6.07) is 6.07. The third-order valence-electron chi connectivity index (χ3n) is 3.18. The van der Waals surface area contributed by atoms with Gasteiger partial charge in [-0.25, -0.2) is 4.98 Å². The van der Waals surface area contributed by atoms with Gasteiger partial charge in [-0.3, -0.25) is 0 Å². The Kier molecular flexibility index (Phi) is 5.18. The first-order valence-electron chi connectivity index (χ1n) is 6.52. The first-order chi connectivity index (χ1) is 9.56. The third kappa shape index (κ3) is 3.22. The van der Waals surface area contributed by atoms with Crippen molar-refractivity contribution in [2.45, 2.75) is 25.8 Å². The highest BCUT2D eigenvalue weighted by Gasteiger charge is 2.20. The number of nitrogens with one attached hydrogen (secondary N) is 1. The molecule has 108 valence electrons. The molecule has 1 heterocycles. The van der Waals surface area contributed by atoms with Crippen molar-refractivity contribution in [3.05, 3.63) is 44.3 Å². The number of hydrogen-bond donors (Lipinski definition) is 1. The maximum Gasteiger partial charge on any atom is 0.119 e. The molecule has 0 aliphatic carbocycles. The Morgan fingerprint density at radius 2 is 2.10 bits per heavy atom. The molecule has 1 N–H and O–H groups in total. The minimum Gasteiger partial charge on any atom is -0.497 e. The molecule has 0 aliphatic heterocycles. The molecule has 1 aromatic heterocycles. The van der Waals surface area contributed by atoms with Gasteiger partial charge in [0.05, 0.1) is 18.8 Å². The number of hydrogen-bond acceptors (Lipinski definition) is 4. The second-order valence-corrected chi connectivity index (χ2v) is 6.62. The summed E-state index contributed by atoms with van der Waals surface area (Å²) in [6.45, 7) is 4.32. The van der Waals surface area contributed by atoms with E-state index in [0.29, 0.717) is 5.92 Å². The van der Waals surface area contributed by atoms with E-state index in [4.69, 9.17) is 9.72 Å². The van der Waals surface area contributed by atoms with Gasteiger partial charge in [0.25, 0.3) is 0 Å². The maximum absolute atomic E-state index is 5.32. The van der Waals surface area contributed by atoms with E-state index >= 15 is 0 Å². The van der Waals surface area contributed by atoms with Crippen molar-refractivity contribution in [1.29, 1.82) is 0 Å². The summed E-state index contributed by atoms with van der Waals surface area (Å²) in [7, 11) is 3.63. The Morgan fingerprint density at radius 3 is 2.65 bits per heavy atom. The Bertz CT molecular complexity index is 583. The van der Waals surface area contributed by atoms with Crippen LogP contribution in [0, 0.1) is 0 Å². The molecule has 3 nitrogen and oxygen atoms in total. The fraction of sp³-hybridized carbons (Fsp3) is 0.400. The van der Waals surface area contributed by atoms with Crippen LogP contribution in [0.25, 0.3) is 0 Å². The minimum atomic E-state index is 0.0666. The number of halogens is 1. The Labute approximate surface area is 132 Å². The fourth-order valence-electron chi connectivity index (χ4n) is 1.98. The Balaban J connectivity index is 2.40. The molecule has 0 saturated heterocycles. The van der Waals surface area contributed by atoms with Crippen molar-refractivity contribution in [3.8, 4) is 5.75 Å². The van der Waals surface area contributed by atoms with Crippen LogP contribution >= 0.6 is 27.3 Å². The van der Waals surface area contributed by atoms with Crippen LogP contribution in [0.3, 0.4) is 0 Å². The van der Waals surface area contributed by atoms with E-state index in [-0.39, 0.29) is 6.04 Å². The lowest BCUT2D eigenvalue weighted by Crippen LogP contribution is -2.18. The molecular weight excluding hydrogens is 336 g/mol. The van der Waals surface area contributed by atoms with E-state index in [2.05, 4.69) is 40.5 Å². The predicted octanol–water partition coefficient (Wildman–Crippen LogP) is 4.35. The zero-order valence-corrected chi connectivity index (χ0v) is 14.5. The molecular formula is C15H19BrN2OS. The number of benzene rings is 1. The molecule has 0 saturated carbocycles. The molecule has 0 aliphatic rings. The summed E-state index contributed by atoms with van der Waals surface area (Å²) in [5.74, 6) is 1.30. The normalized spacial score (nSPS) is 12.7. The molecule has 0 spiro atoms. The van der Waals surface area contributed by atoms with E-state index in [9.17, 15) is 0 Å². The summed E-state index contributed by atoms with van der Waals surface area (Å²) >= 11 is 5.31. The van der Waals surface area contributed by atoms with Gasteiger partial charge in [0, 0.05) is 9.85 Å². The summed E-state index contributed by atoms with van der Waals surface area (Å²) < 4.78 is 6.37. The molecule has 20 heavy (non-hydrogen) atoms. The third-order valence-corrected chi connectivity index (χ3v) is 4.83. The van der Waals surface area contributed by atoms with E-state index in [1.807, 2.05) is 25.2 Å². The molecule has 1 aromatic carbocycles. The lowest BCUT2D eigenvalue weighted by Gasteiger charge is -2.17. The van der Waals surface area contributed by atoms with Crippen molar-refractivity contribution in [2.75, 3.05) is 14.2 Å². The van der Waals surface area contributed by atoms with Crippen molar-refractivity contribution in [1.82, 2.24) is 10.3 Å². The lowest BCUT2D eigenvalue weighted by molar-refractivity contribution is 0.413. The van der Waals surface area contributed by atoms with E-state index in [1.54, 1.807) is 18.4 Å². The summed E-state index contributed by atoms with van der Waals surface area (Å²) in [6.07, 6.45) is 0. The first kappa shape index (κ1) is 15.5. The quantitative estimate of drug-likeness (QED) is 0.866. The van der Waals surface area contributed by atoms with Crippen LogP contribution in [-0.4, -0.2) is 19.1 Å². The number of thiazole rings is 1. The summed E-state index contributed by atoms with van der Waals surface area (Å²) in [5, 5.41) is 6.55. The molecule has 0 radical (unpaired) electrons. The summed E-state index contributed by atoms with van der Waals surface area (Å²) in [5.41, 5.74) is 2.28. The van der Waals surface area contributed by atoms with Crippen LogP contribution in [0.4, 0.5) is 0 Å². The highest BCUT2D eigenvalue weighted by Crippen LogP contribution is 2.33. The fourth-order valence-corrected chi connectivity index (χ4v) is 3.56. The van der Waals surface area contributed by atoms with Gasteiger partial charge in [-0.1, -0.05) is 29.8 Å². The minimum absolute atomic E-state index is 0.0666. The zero-order valence-electron chi connectivity index (χ0n) is 12.1.